The number of hydrogen-bond donors (Lipinski definition) is 2. The monoisotopic (exact) mass is 287 g/mol. The molecule has 0 aromatic heterocycles. The van der Waals surface area contributed by atoms with Gasteiger partial charge in [-0.1, -0.05) is 6.92 Å². The van der Waals surface area contributed by atoms with Gasteiger partial charge in [0.25, 0.3) is 0 Å². The molecule has 2 N–H and O–H groups in total. The minimum absolute atomic E-state index is 0.00986. The molecule has 0 unspecified atom stereocenters. The maximum absolute atomic E-state index is 12.0. The highest BCUT2D eigenvalue weighted by atomic mass is 32.2. The lowest BCUT2D eigenvalue weighted by Crippen LogP contribution is -2.40. The van der Waals surface area contributed by atoms with Crippen molar-refractivity contribution in [2.24, 2.45) is 0 Å². The number of carbonyl (C=O) groups is 1. The van der Waals surface area contributed by atoms with Gasteiger partial charge in [-0.05, 0) is 37.6 Å². The van der Waals surface area contributed by atoms with Gasteiger partial charge in [-0.2, -0.15) is 4.72 Å². The third-order valence-corrected chi connectivity index (χ3v) is 3.94. The van der Waals surface area contributed by atoms with Gasteiger partial charge in [0, 0.05) is 0 Å². The number of nitrogens with one attached hydrogen (secondary N) is 1. The first-order valence-electron chi connectivity index (χ1n) is 5.88. The van der Waals surface area contributed by atoms with Crippen molar-refractivity contribution in [1.82, 2.24) is 4.72 Å². The summed E-state index contributed by atoms with van der Waals surface area (Å²) < 4.78 is 31.3. The first-order chi connectivity index (χ1) is 8.90. The van der Waals surface area contributed by atoms with E-state index in [9.17, 15) is 13.2 Å². The standard InChI is InChI=1S/C12H17NO5S/c1-3-11(12(14)15)13-19(16,17)10-7-5-9(6-8-10)18-4-2/h5-8,11,13H,3-4H2,1-2H3,(H,14,15)/t11-/m1/s1. The molecule has 6 nitrogen and oxygen atoms in total. The molecule has 1 aromatic rings. The summed E-state index contributed by atoms with van der Waals surface area (Å²) in [7, 11) is -3.83. The summed E-state index contributed by atoms with van der Waals surface area (Å²) in [6, 6.07) is 4.68. The summed E-state index contributed by atoms with van der Waals surface area (Å²) in [5, 5.41) is 8.85. The van der Waals surface area contributed by atoms with Crippen molar-refractivity contribution in [1.29, 1.82) is 0 Å². The van der Waals surface area contributed by atoms with Crippen LogP contribution in [-0.2, 0) is 14.8 Å². The van der Waals surface area contributed by atoms with E-state index in [1.807, 2.05) is 6.92 Å². The lowest BCUT2D eigenvalue weighted by molar-refractivity contribution is -0.139. The smallest absolute Gasteiger partial charge is 0.321 e. The number of ether oxygens (including phenoxy) is 1. The maximum atomic E-state index is 12.0. The zero-order valence-corrected chi connectivity index (χ0v) is 11.6. The van der Waals surface area contributed by atoms with Crippen LogP contribution in [0.4, 0.5) is 0 Å². The van der Waals surface area contributed by atoms with E-state index in [-0.39, 0.29) is 11.3 Å². The van der Waals surface area contributed by atoms with Crippen molar-refractivity contribution in [3.63, 3.8) is 0 Å². The summed E-state index contributed by atoms with van der Waals surface area (Å²) >= 11 is 0. The van der Waals surface area contributed by atoms with E-state index < -0.39 is 22.0 Å². The SMILES string of the molecule is CCOc1ccc(S(=O)(=O)N[C@H](CC)C(=O)O)cc1. The zero-order valence-electron chi connectivity index (χ0n) is 10.8. The van der Waals surface area contributed by atoms with Gasteiger partial charge in [-0.15, -0.1) is 0 Å². The second-order valence-electron chi connectivity index (χ2n) is 3.82. The van der Waals surface area contributed by atoms with Crippen LogP contribution in [0, 0.1) is 0 Å². The molecule has 0 saturated heterocycles. The van der Waals surface area contributed by atoms with Crippen LogP contribution in [0.3, 0.4) is 0 Å². The molecule has 0 aliphatic rings. The molecule has 1 atom stereocenters. The zero-order chi connectivity index (χ0) is 14.5. The Bertz CT molecular complexity index is 524. The summed E-state index contributed by atoms with van der Waals surface area (Å²) in [5.41, 5.74) is 0. The summed E-state index contributed by atoms with van der Waals surface area (Å²) in [5.74, 6) is -0.635. The summed E-state index contributed by atoms with van der Waals surface area (Å²) in [6.45, 7) is 3.91. The Morgan fingerprint density at radius 3 is 2.32 bits per heavy atom. The Hall–Kier alpha value is -1.60. The Balaban J connectivity index is 2.90. The quantitative estimate of drug-likeness (QED) is 0.786. The molecule has 0 amide bonds. The predicted molar refractivity (Wildman–Crippen MR) is 69.6 cm³/mol. The first-order valence-corrected chi connectivity index (χ1v) is 7.37. The molecule has 106 valence electrons. The van der Waals surface area contributed by atoms with Crippen LogP contribution in [0.15, 0.2) is 29.2 Å². The van der Waals surface area contributed by atoms with E-state index in [0.717, 1.165) is 0 Å². The number of hydrogen-bond acceptors (Lipinski definition) is 4. The summed E-state index contributed by atoms with van der Waals surface area (Å²) in [4.78, 5) is 10.8. The van der Waals surface area contributed by atoms with Crippen LogP contribution in [0.2, 0.25) is 0 Å². The number of carboxylic acids is 1. The third kappa shape index (κ3) is 4.22. The molecular formula is C12H17NO5S. The molecular weight excluding hydrogens is 270 g/mol. The molecule has 0 heterocycles. The van der Waals surface area contributed by atoms with Crippen molar-refractivity contribution < 1.29 is 23.1 Å². The van der Waals surface area contributed by atoms with Crippen LogP contribution < -0.4 is 9.46 Å². The fourth-order valence-electron chi connectivity index (χ4n) is 1.45. The normalized spacial score (nSPS) is 12.9. The van der Waals surface area contributed by atoms with Crippen molar-refractivity contribution in [2.75, 3.05) is 6.61 Å². The van der Waals surface area contributed by atoms with E-state index in [0.29, 0.717) is 12.4 Å². The molecule has 19 heavy (non-hydrogen) atoms. The van der Waals surface area contributed by atoms with Crippen molar-refractivity contribution in [3.8, 4) is 5.75 Å². The second-order valence-corrected chi connectivity index (χ2v) is 5.54. The minimum Gasteiger partial charge on any atom is -0.494 e. The van der Waals surface area contributed by atoms with E-state index in [1.165, 1.54) is 24.3 Å². The molecule has 0 bridgehead atoms. The van der Waals surface area contributed by atoms with E-state index in [2.05, 4.69) is 4.72 Å². The Labute approximate surface area is 112 Å². The molecule has 0 aliphatic carbocycles. The lowest BCUT2D eigenvalue weighted by atomic mass is 10.2. The van der Waals surface area contributed by atoms with Crippen molar-refractivity contribution >= 4 is 16.0 Å². The molecule has 0 saturated carbocycles. The lowest BCUT2D eigenvalue weighted by Gasteiger charge is -2.13. The van der Waals surface area contributed by atoms with Crippen LogP contribution in [0.25, 0.3) is 0 Å². The average Bonchev–Trinajstić information content (AvgIpc) is 2.37. The number of rotatable bonds is 7. The Morgan fingerprint density at radius 1 is 1.32 bits per heavy atom. The van der Waals surface area contributed by atoms with Gasteiger partial charge < -0.3 is 9.84 Å². The molecule has 1 rings (SSSR count). The molecule has 0 fully saturated rings. The third-order valence-electron chi connectivity index (χ3n) is 2.45. The van der Waals surface area contributed by atoms with E-state index in [4.69, 9.17) is 9.84 Å². The molecule has 0 spiro atoms. The Kier molecular flexibility index (Phi) is 5.31. The average molecular weight is 287 g/mol. The molecule has 1 aromatic carbocycles. The highest BCUT2D eigenvalue weighted by Crippen LogP contribution is 2.16. The van der Waals surface area contributed by atoms with E-state index in [1.54, 1.807) is 6.92 Å². The number of sulfonamides is 1. The molecule has 7 heteroatoms. The van der Waals surface area contributed by atoms with Crippen LogP contribution in [-0.4, -0.2) is 32.1 Å². The highest BCUT2D eigenvalue weighted by Gasteiger charge is 2.23. The van der Waals surface area contributed by atoms with Crippen molar-refractivity contribution in [2.45, 2.75) is 31.2 Å². The van der Waals surface area contributed by atoms with E-state index >= 15 is 0 Å². The fourth-order valence-corrected chi connectivity index (χ4v) is 2.72. The number of benzene rings is 1. The van der Waals surface area contributed by atoms with Crippen LogP contribution in [0.5, 0.6) is 5.75 Å². The Morgan fingerprint density at radius 2 is 1.89 bits per heavy atom. The number of carboxylic acid groups (broad SMARTS) is 1. The van der Waals surface area contributed by atoms with Gasteiger partial charge in [-0.3, -0.25) is 4.79 Å². The fraction of sp³-hybridized carbons (Fsp3) is 0.417. The predicted octanol–water partition coefficient (Wildman–Crippen LogP) is 1.23. The molecule has 0 aliphatic heterocycles. The van der Waals surface area contributed by atoms with Gasteiger partial charge in [-0.25, -0.2) is 8.42 Å². The van der Waals surface area contributed by atoms with Gasteiger partial charge in [0.2, 0.25) is 10.0 Å². The molecule has 0 radical (unpaired) electrons. The second kappa shape index (κ2) is 6.53. The highest BCUT2D eigenvalue weighted by molar-refractivity contribution is 7.89. The van der Waals surface area contributed by atoms with Gasteiger partial charge >= 0.3 is 5.97 Å². The first kappa shape index (κ1) is 15.5. The number of aliphatic carboxylic acids is 1. The van der Waals surface area contributed by atoms with Gasteiger partial charge in [0.05, 0.1) is 11.5 Å². The van der Waals surface area contributed by atoms with Crippen LogP contribution >= 0.6 is 0 Å². The van der Waals surface area contributed by atoms with Crippen molar-refractivity contribution in [3.05, 3.63) is 24.3 Å². The minimum atomic E-state index is -3.83. The topological polar surface area (TPSA) is 92.7 Å². The summed E-state index contributed by atoms with van der Waals surface area (Å²) in [6.07, 6.45) is 0.172. The largest absolute Gasteiger partial charge is 0.494 e. The maximum Gasteiger partial charge on any atom is 0.321 e. The van der Waals surface area contributed by atoms with Crippen LogP contribution in [0.1, 0.15) is 20.3 Å². The van der Waals surface area contributed by atoms with Gasteiger partial charge in [0.15, 0.2) is 0 Å². The van der Waals surface area contributed by atoms with Gasteiger partial charge in [0.1, 0.15) is 11.8 Å².